The lowest BCUT2D eigenvalue weighted by Crippen LogP contribution is -2.29. The number of imidazole rings is 2. The van der Waals surface area contributed by atoms with E-state index in [1.807, 2.05) is 41.3 Å². The predicted octanol–water partition coefficient (Wildman–Crippen LogP) is 2.34. The number of carbonyl (C=O) groups is 1. The molecule has 1 aromatic carbocycles. The lowest BCUT2D eigenvalue weighted by Gasteiger charge is -2.16. The Labute approximate surface area is 173 Å². The molecule has 1 amide bonds. The zero-order valence-electron chi connectivity index (χ0n) is 17.0. The van der Waals surface area contributed by atoms with E-state index in [0.29, 0.717) is 31.1 Å². The minimum atomic E-state index is -0.571. The first-order chi connectivity index (χ1) is 14.5. The van der Waals surface area contributed by atoms with Crippen molar-refractivity contribution in [2.24, 2.45) is 5.92 Å². The van der Waals surface area contributed by atoms with Crippen LogP contribution in [0.3, 0.4) is 0 Å². The molecule has 0 unspecified atom stereocenters. The standard InChI is InChI=1S/C22H24N6O2/c1-14(2)28-13-25-18-8-15(3-4-19(18)28)22(30)27-10-16(20(29)12-27)7-17-11-26-6-5-23-21(26)9-24-17/h3-6,8-9,11,13-14,16,20,29H,7,10,12H2,1-2H3/t16-,20+/m0/s1. The number of likely N-dealkylation sites (tertiary alicyclic amines) is 1. The summed E-state index contributed by atoms with van der Waals surface area (Å²) in [4.78, 5) is 27.9. The van der Waals surface area contributed by atoms with Crippen molar-refractivity contribution in [2.75, 3.05) is 13.1 Å². The van der Waals surface area contributed by atoms with Gasteiger partial charge < -0.3 is 19.0 Å². The van der Waals surface area contributed by atoms with E-state index in [1.165, 1.54) is 0 Å². The van der Waals surface area contributed by atoms with Gasteiger partial charge in [0.05, 0.1) is 35.4 Å². The van der Waals surface area contributed by atoms with Gasteiger partial charge in [-0.25, -0.2) is 9.97 Å². The molecule has 154 valence electrons. The van der Waals surface area contributed by atoms with Crippen molar-refractivity contribution in [2.45, 2.75) is 32.4 Å². The molecule has 0 bridgehead atoms. The summed E-state index contributed by atoms with van der Waals surface area (Å²) in [6.07, 6.45) is 9.10. The molecule has 0 saturated carbocycles. The van der Waals surface area contributed by atoms with E-state index in [4.69, 9.17) is 0 Å². The van der Waals surface area contributed by atoms with Crippen LogP contribution in [-0.2, 0) is 6.42 Å². The second kappa shape index (κ2) is 7.21. The van der Waals surface area contributed by atoms with Crippen LogP contribution in [0, 0.1) is 5.92 Å². The number of hydrogen-bond donors (Lipinski definition) is 1. The van der Waals surface area contributed by atoms with Crippen LogP contribution in [0.2, 0.25) is 0 Å². The van der Waals surface area contributed by atoms with E-state index >= 15 is 0 Å². The summed E-state index contributed by atoms with van der Waals surface area (Å²) < 4.78 is 4.00. The van der Waals surface area contributed by atoms with Crippen molar-refractivity contribution in [1.29, 1.82) is 0 Å². The highest BCUT2D eigenvalue weighted by molar-refractivity contribution is 5.97. The molecule has 30 heavy (non-hydrogen) atoms. The fraction of sp³-hybridized carbons (Fsp3) is 0.364. The zero-order valence-corrected chi connectivity index (χ0v) is 17.0. The van der Waals surface area contributed by atoms with E-state index in [-0.39, 0.29) is 11.8 Å². The minimum Gasteiger partial charge on any atom is -0.391 e. The molecule has 0 spiro atoms. The number of rotatable bonds is 4. The normalized spacial score (nSPS) is 19.4. The molecule has 3 aromatic heterocycles. The maximum absolute atomic E-state index is 13.1. The molecular weight excluding hydrogens is 380 g/mol. The summed E-state index contributed by atoms with van der Waals surface area (Å²) >= 11 is 0. The highest BCUT2D eigenvalue weighted by Crippen LogP contribution is 2.25. The second-order valence-electron chi connectivity index (χ2n) is 8.26. The summed E-state index contributed by atoms with van der Waals surface area (Å²) in [6.45, 7) is 5.04. The van der Waals surface area contributed by atoms with Gasteiger partial charge in [-0.15, -0.1) is 0 Å². The topological polar surface area (TPSA) is 88.6 Å². The Morgan fingerprint density at radius 3 is 2.93 bits per heavy atom. The summed E-state index contributed by atoms with van der Waals surface area (Å²) in [7, 11) is 0. The van der Waals surface area contributed by atoms with Gasteiger partial charge in [-0.1, -0.05) is 0 Å². The Bertz CT molecular complexity index is 1230. The zero-order chi connectivity index (χ0) is 20.8. The molecule has 2 atom stereocenters. The number of aliphatic hydroxyl groups excluding tert-OH is 1. The number of fused-ring (bicyclic) bond motifs is 2. The van der Waals surface area contributed by atoms with E-state index in [1.54, 1.807) is 17.3 Å². The maximum Gasteiger partial charge on any atom is 0.254 e. The van der Waals surface area contributed by atoms with Gasteiger partial charge in [-0.05, 0) is 38.5 Å². The molecule has 8 heteroatoms. The first-order valence-corrected chi connectivity index (χ1v) is 10.2. The van der Waals surface area contributed by atoms with E-state index < -0.39 is 6.10 Å². The third kappa shape index (κ3) is 3.23. The van der Waals surface area contributed by atoms with Crippen molar-refractivity contribution >= 4 is 22.6 Å². The van der Waals surface area contributed by atoms with E-state index in [9.17, 15) is 9.90 Å². The van der Waals surface area contributed by atoms with Crippen LogP contribution in [0.25, 0.3) is 16.7 Å². The van der Waals surface area contributed by atoms with Gasteiger partial charge in [0.25, 0.3) is 5.91 Å². The molecule has 1 aliphatic heterocycles. The number of carbonyl (C=O) groups excluding carboxylic acids is 1. The monoisotopic (exact) mass is 404 g/mol. The quantitative estimate of drug-likeness (QED) is 0.564. The molecule has 1 fully saturated rings. The number of nitrogens with zero attached hydrogens (tertiary/aromatic N) is 6. The number of β-amino-alcohol motifs (C(OH)–C–C–N with tert-alkyl or cyclic N) is 1. The predicted molar refractivity (Wildman–Crippen MR) is 112 cm³/mol. The lowest BCUT2D eigenvalue weighted by molar-refractivity contribution is 0.0765. The van der Waals surface area contributed by atoms with Gasteiger partial charge in [0.15, 0.2) is 5.65 Å². The maximum atomic E-state index is 13.1. The Balaban J connectivity index is 1.32. The number of aromatic nitrogens is 5. The Morgan fingerprint density at radius 1 is 1.23 bits per heavy atom. The van der Waals surface area contributed by atoms with Crippen molar-refractivity contribution in [3.8, 4) is 0 Å². The summed E-state index contributed by atoms with van der Waals surface area (Å²) in [6, 6.07) is 5.94. The van der Waals surface area contributed by atoms with Crippen LogP contribution >= 0.6 is 0 Å². The summed E-state index contributed by atoms with van der Waals surface area (Å²) in [5, 5.41) is 10.6. The fourth-order valence-corrected chi connectivity index (χ4v) is 4.22. The van der Waals surface area contributed by atoms with E-state index in [2.05, 4.69) is 33.4 Å². The Kier molecular flexibility index (Phi) is 4.51. The highest BCUT2D eigenvalue weighted by atomic mass is 16.3. The first-order valence-electron chi connectivity index (χ1n) is 10.2. The number of benzene rings is 1. The molecule has 0 aliphatic carbocycles. The average Bonchev–Trinajstić information content (AvgIpc) is 3.45. The third-order valence-corrected chi connectivity index (χ3v) is 5.88. The van der Waals surface area contributed by atoms with E-state index in [0.717, 1.165) is 22.4 Å². The van der Waals surface area contributed by atoms with Gasteiger partial charge in [0.1, 0.15) is 0 Å². The van der Waals surface area contributed by atoms with Crippen molar-refractivity contribution in [3.63, 3.8) is 0 Å². The minimum absolute atomic E-state index is 0.0497. The number of hydrogen-bond acceptors (Lipinski definition) is 5. The third-order valence-electron chi connectivity index (χ3n) is 5.88. The number of aliphatic hydroxyl groups is 1. The smallest absolute Gasteiger partial charge is 0.254 e. The van der Waals surface area contributed by atoms with Crippen molar-refractivity contribution in [1.82, 2.24) is 28.8 Å². The molecule has 4 heterocycles. The highest BCUT2D eigenvalue weighted by Gasteiger charge is 2.34. The Morgan fingerprint density at radius 2 is 2.10 bits per heavy atom. The van der Waals surface area contributed by atoms with Crippen LogP contribution in [0.1, 0.15) is 35.9 Å². The van der Waals surface area contributed by atoms with Gasteiger partial charge in [0.2, 0.25) is 0 Å². The molecular formula is C22H24N6O2. The fourth-order valence-electron chi connectivity index (χ4n) is 4.22. The van der Waals surface area contributed by atoms with Crippen molar-refractivity contribution < 1.29 is 9.90 Å². The molecule has 1 N–H and O–H groups in total. The summed E-state index contributed by atoms with van der Waals surface area (Å²) in [5.74, 6) is -0.123. The lowest BCUT2D eigenvalue weighted by atomic mass is 10.0. The SMILES string of the molecule is CC(C)n1cnc2cc(C(=O)N3C[C@H](Cc4cn5ccnc5cn4)[C@H](O)C3)ccc21. The van der Waals surface area contributed by atoms with Crippen LogP contribution in [-0.4, -0.2) is 59.0 Å². The van der Waals surface area contributed by atoms with Gasteiger partial charge in [-0.3, -0.25) is 9.78 Å². The van der Waals surface area contributed by atoms with Gasteiger partial charge in [0, 0.05) is 49.2 Å². The first kappa shape index (κ1) is 18.7. The summed E-state index contributed by atoms with van der Waals surface area (Å²) in [5.41, 5.74) is 4.09. The number of amides is 1. The Hall–Kier alpha value is -3.26. The molecule has 1 saturated heterocycles. The van der Waals surface area contributed by atoms with Gasteiger partial charge in [-0.2, -0.15) is 0 Å². The molecule has 8 nitrogen and oxygen atoms in total. The second-order valence-corrected chi connectivity index (χ2v) is 8.26. The van der Waals surface area contributed by atoms with Crippen LogP contribution in [0.15, 0.2) is 49.3 Å². The molecule has 1 aliphatic rings. The molecule has 0 radical (unpaired) electrons. The van der Waals surface area contributed by atoms with Crippen LogP contribution < -0.4 is 0 Å². The van der Waals surface area contributed by atoms with Crippen LogP contribution in [0.4, 0.5) is 0 Å². The molecule has 4 aromatic rings. The molecule has 5 rings (SSSR count). The average molecular weight is 404 g/mol. The van der Waals surface area contributed by atoms with Crippen molar-refractivity contribution in [3.05, 3.63) is 60.6 Å². The van der Waals surface area contributed by atoms with Crippen LogP contribution in [0.5, 0.6) is 0 Å². The largest absolute Gasteiger partial charge is 0.391 e. The van der Waals surface area contributed by atoms with Gasteiger partial charge >= 0.3 is 0 Å².